The zero-order chi connectivity index (χ0) is 23.7. The van der Waals surface area contributed by atoms with E-state index in [2.05, 4.69) is 34.6 Å². The first-order valence-corrected chi connectivity index (χ1v) is 12.2. The number of nitrogens with zero attached hydrogens (tertiary/aromatic N) is 1. The number of carbonyl (C=O) groups is 1. The fourth-order valence-corrected chi connectivity index (χ4v) is 5.53. The highest BCUT2D eigenvalue weighted by Gasteiger charge is 2.29. The highest BCUT2D eigenvalue weighted by molar-refractivity contribution is 7.22. The van der Waals surface area contributed by atoms with Crippen LogP contribution in [0.25, 0.3) is 21.3 Å². The summed E-state index contributed by atoms with van der Waals surface area (Å²) in [5, 5.41) is 23.6. The van der Waals surface area contributed by atoms with Crippen molar-refractivity contribution in [3.8, 4) is 11.1 Å². The van der Waals surface area contributed by atoms with E-state index in [0.29, 0.717) is 10.0 Å². The van der Waals surface area contributed by atoms with Crippen molar-refractivity contribution in [1.29, 1.82) is 0 Å². The largest absolute Gasteiger partial charge is 0.449 e. The van der Waals surface area contributed by atoms with E-state index in [1.54, 1.807) is 18.2 Å². The number of fused-ring (bicyclic) bond motifs is 4. The number of carbonyl (C=O) groups excluding carboxylic acids is 1. The van der Waals surface area contributed by atoms with E-state index in [1.165, 1.54) is 22.5 Å². The number of aliphatic hydroxyl groups excluding tert-OH is 2. The molecule has 1 aliphatic carbocycles. The Morgan fingerprint density at radius 2 is 1.74 bits per heavy atom. The minimum absolute atomic E-state index is 0.0132. The van der Waals surface area contributed by atoms with Crippen molar-refractivity contribution >= 4 is 39.2 Å². The van der Waals surface area contributed by atoms with Crippen LogP contribution in [-0.4, -0.2) is 40.5 Å². The number of hydrogen-bond acceptors (Lipinski definition) is 6. The van der Waals surface area contributed by atoms with Gasteiger partial charge in [-0.3, -0.25) is 0 Å². The van der Waals surface area contributed by atoms with Crippen molar-refractivity contribution < 1.29 is 19.7 Å². The van der Waals surface area contributed by atoms with Gasteiger partial charge in [-0.05, 0) is 46.4 Å². The molecule has 1 amide bonds. The first-order valence-electron chi connectivity index (χ1n) is 11.0. The first-order chi connectivity index (χ1) is 16.5. The van der Waals surface area contributed by atoms with Gasteiger partial charge in [-0.2, -0.15) is 0 Å². The predicted molar refractivity (Wildman–Crippen MR) is 133 cm³/mol. The summed E-state index contributed by atoms with van der Waals surface area (Å²) in [6.45, 7) is 0.395. The van der Waals surface area contributed by atoms with Crippen LogP contribution >= 0.6 is 22.9 Å². The third-order valence-corrected chi connectivity index (χ3v) is 7.27. The number of aliphatic hydroxyl groups is 2. The number of aromatic nitrogens is 1. The Bertz CT molecular complexity index is 1300. The quantitative estimate of drug-likeness (QED) is 0.325. The SMILES string of the molecule is O=C(NCCC(O)C(O)c1ccc2nc(Cl)sc2c1)OCC1c2ccccc2-c2ccccc21. The molecule has 0 aliphatic heterocycles. The van der Waals surface area contributed by atoms with E-state index < -0.39 is 18.3 Å². The number of benzene rings is 3. The summed E-state index contributed by atoms with van der Waals surface area (Å²) in [6, 6.07) is 21.6. The highest BCUT2D eigenvalue weighted by Crippen LogP contribution is 2.44. The molecule has 1 heterocycles. The van der Waals surface area contributed by atoms with Crippen molar-refractivity contribution in [3.63, 3.8) is 0 Å². The lowest BCUT2D eigenvalue weighted by Gasteiger charge is -2.19. The number of alkyl carbamates (subject to hydrolysis) is 1. The van der Waals surface area contributed by atoms with Crippen molar-refractivity contribution in [2.24, 2.45) is 0 Å². The van der Waals surface area contributed by atoms with Gasteiger partial charge in [0.05, 0.1) is 16.3 Å². The number of hydrogen-bond donors (Lipinski definition) is 3. The van der Waals surface area contributed by atoms with Crippen molar-refractivity contribution in [2.75, 3.05) is 13.2 Å². The van der Waals surface area contributed by atoms with Crippen LogP contribution in [0.5, 0.6) is 0 Å². The Hall–Kier alpha value is -2.97. The monoisotopic (exact) mass is 494 g/mol. The van der Waals surface area contributed by atoms with Crippen molar-refractivity contribution in [3.05, 3.63) is 87.9 Å². The minimum Gasteiger partial charge on any atom is -0.449 e. The smallest absolute Gasteiger partial charge is 0.407 e. The fourth-order valence-electron chi connectivity index (χ4n) is 4.45. The standard InChI is InChI=1S/C26H23ClN2O4S/c27-25-29-21-10-9-15(13-23(21)34-25)24(31)22(30)11-12-28-26(32)33-14-20-18-7-3-1-5-16(18)17-6-2-4-8-19(17)20/h1-10,13,20,22,24,30-31H,11-12,14H2,(H,28,32). The molecule has 0 spiro atoms. The second kappa shape index (κ2) is 9.72. The molecule has 3 aromatic carbocycles. The van der Waals surface area contributed by atoms with Gasteiger partial charge in [0.2, 0.25) is 0 Å². The number of halogens is 1. The van der Waals surface area contributed by atoms with Crippen LogP contribution in [0, 0.1) is 0 Å². The molecule has 3 N–H and O–H groups in total. The molecule has 0 fully saturated rings. The van der Waals surface area contributed by atoms with Crippen LogP contribution in [0.3, 0.4) is 0 Å². The van der Waals surface area contributed by atoms with Gasteiger partial charge in [0.15, 0.2) is 4.47 Å². The molecule has 6 nitrogen and oxygen atoms in total. The molecule has 1 aromatic heterocycles. The maximum Gasteiger partial charge on any atom is 0.407 e. The molecule has 2 atom stereocenters. The average molecular weight is 495 g/mol. The molecule has 0 saturated carbocycles. The molecule has 4 aromatic rings. The van der Waals surface area contributed by atoms with E-state index in [4.69, 9.17) is 16.3 Å². The Balaban J connectivity index is 1.13. The third-order valence-electron chi connectivity index (χ3n) is 6.15. The zero-order valence-corrected chi connectivity index (χ0v) is 19.7. The van der Waals surface area contributed by atoms with E-state index >= 15 is 0 Å². The second-order valence-electron chi connectivity index (χ2n) is 8.25. The lowest BCUT2D eigenvalue weighted by Crippen LogP contribution is -2.30. The maximum atomic E-state index is 12.3. The van der Waals surface area contributed by atoms with Crippen molar-refractivity contribution in [1.82, 2.24) is 10.3 Å². The molecule has 0 radical (unpaired) electrons. The van der Waals surface area contributed by atoms with Crippen LogP contribution in [0.2, 0.25) is 4.47 Å². The third kappa shape index (κ3) is 4.52. The molecule has 1 aliphatic rings. The normalized spacial score (nSPS) is 14.4. The molecule has 2 unspecified atom stereocenters. The van der Waals surface area contributed by atoms with Gasteiger partial charge in [0, 0.05) is 12.5 Å². The summed E-state index contributed by atoms with van der Waals surface area (Å²) in [6.07, 6.45) is -2.51. The Kier molecular flexibility index (Phi) is 6.52. The zero-order valence-electron chi connectivity index (χ0n) is 18.1. The number of nitrogens with one attached hydrogen (secondary N) is 1. The Morgan fingerprint density at radius 1 is 1.06 bits per heavy atom. The molecule has 5 rings (SSSR count). The Labute approximate surface area is 205 Å². The molecular weight excluding hydrogens is 472 g/mol. The molecular formula is C26H23ClN2O4S. The van der Waals surface area contributed by atoms with Crippen LogP contribution in [0.4, 0.5) is 4.79 Å². The van der Waals surface area contributed by atoms with Gasteiger partial charge in [-0.1, -0.05) is 66.2 Å². The summed E-state index contributed by atoms with van der Waals surface area (Å²) in [7, 11) is 0. The topological polar surface area (TPSA) is 91.7 Å². The van der Waals surface area contributed by atoms with Gasteiger partial charge in [-0.25, -0.2) is 9.78 Å². The second-order valence-corrected chi connectivity index (χ2v) is 9.86. The number of amides is 1. The number of ether oxygens (including phenoxy) is 1. The molecule has 34 heavy (non-hydrogen) atoms. The average Bonchev–Trinajstić information content (AvgIpc) is 3.38. The van der Waals surface area contributed by atoms with Crippen LogP contribution in [0.1, 0.15) is 35.1 Å². The van der Waals surface area contributed by atoms with E-state index in [-0.39, 0.29) is 25.5 Å². The molecule has 0 saturated heterocycles. The van der Waals surface area contributed by atoms with E-state index in [1.807, 2.05) is 24.3 Å². The first kappa shape index (κ1) is 22.8. The summed E-state index contributed by atoms with van der Waals surface area (Å²) < 4.78 is 6.77. The van der Waals surface area contributed by atoms with Gasteiger partial charge in [0.1, 0.15) is 12.7 Å². The van der Waals surface area contributed by atoms with Crippen molar-refractivity contribution in [2.45, 2.75) is 24.5 Å². The number of thiazole rings is 1. The van der Waals surface area contributed by atoms with E-state index in [9.17, 15) is 15.0 Å². The lowest BCUT2D eigenvalue weighted by molar-refractivity contribution is 0.0137. The van der Waals surface area contributed by atoms with Crippen LogP contribution in [0.15, 0.2) is 66.7 Å². The summed E-state index contributed by atoms with van der Waals surface area (Å²) in [5.74, 6) is -0.0132. The molecule has 174 valence electrons. The molecule has 8 heteroatoms. The Morgan fingerprint density at radius 3 is 2.44 bits per heavy atom. The number of rotatable bonds is 7. The highest BCUT2D eigenvalue weighted by atomic mass is 35.5. The summed E-state index contributed by atoms with van der Waals surface area (Å²) in [4.78, 5) is 16.5. The van der Waals surface area contributed by atoms with Gasteiger partial charge in [-0.15, -0.1) is 11.3 Å². The van der Waals surface area contributed by atoms with Crippen LogP contribution in [-0.2, 0) is 4.74 Å². The summed E-state index contributed by atoms with van der Waals surface area (Å²) >= 11 is 7.25. The minimum atomic E-state index is -1.09. The van der Waals surface area contributed by atoms with Gasteiger partial charge >= 0.3 is 6.09 Å². The predicted octanol–water partition coefficient (Wildman–Crippen LogP) is 5.27. The van der Waals surface area contributed by atoms with Crippen LogP contribution < -0.4 is 5.32 Å². The maximum absolute atomic E-state index is 12.3. The van der Waals surface area contributed by atoms with Gasteiger partial charge in [0.25, 0.3) is 0 Å². The van der Waals surface area contributed by atoms with E-state index in [0.717, 1.165) is 21.3 Å². The lowest BCUT2D eigenvalue weighted by atomic mass is 9.98. The molecule has 0 bridgehead atoms. The summed E-state index contributed by atoms with van der Waals surface area (Å²) in [5.41, 5.74) is 5.95. The van der Waals surface area contributed by atoms with Gasteiger partial charge < -0.3 is 20.3 Å². The fraction of sp³-hybridized carbons (Fsp3) is 0.231.